The minimum atomic E-state index is -3.82. The quantitative estimate of drug-likeness (QED) is 0.871. The third-order valence-corrected chi connectivity index (χ3v) is 3.69. The molecule has 0 spiro atoms. The van der Waals surface area contributed by atoms with E-state index in [-0.39, 0.29) is 0 Å². The molecule has 0 fully saturated rings. The highest BCUT2D eigenvalue weighted by Crippen LogP contribution is 2.20. The van der Waals surface area contributed by atoms with Crippen molar-refractivity contribution in [3.05, 3.63) is 41.3 Å². The second-order valence-electron chi connectivity index (χ2n) is 5.51. The number of carboxylic acids is 1. The maximum Gasteiger partial charge on any atom is 0.322 e. The van der Waals surface area contributed by atoms with Crippen LogP contribution >= 0.6 is 0 Å². The van der Waals surface area contributed by atoms with Crippen LogP contribution in [0.25, 0.3) is 6.08 Å². The Labute approximate surface area is 119 Å². The van der Waals surface area contributed by atoms with E-state index in [4.69, 9.17) is 5.11 Å². The highest BCUT2D eigenvalue weighted by molar-refractivity contribution is 7.92. The Morgan fingerprint density at radius 2 is 1.80 bits per heavy atom. The molecule has 0 aliphatic rings. The summed E-state index contributed by atoms with van der Waals surface area (Å²) in [6.07, 6.45) is 1.42. The van der Waals surface area contributed by atoms with Crippen molar-refractivity contribution >= 4 is 22.1 Å². The molecule has 1 rings (SSSR count). The summed E-state index contributed by atoms with van der Waals surface area (Å²) in [5.41, 5.74) is -0.0000347. The van der Waals surface area contributed by atoms with Gasteiger partial charge in [0.2, 0.25) is 10.0 Å². The highest BCUT2D eigenvalue weighted by Gasteiger charge is 2.33. The first kappa shape index (κ1) is 16.4. The molecule has 6 heteroatoms. The van der Waals surface area contributed by atoms with E-state index in [1.54, 1.807) is 45.0 Å². The van der Waals surface area contributed by atoms with Gasteiger partial charge in [0, 0.05) is 5.41 Å². The highest BCUT2D eigenvalue weighted by atomic mass is 32.2. The van der Waals surface area contributed by atoms with Gasteiger partial charge in [0.15, 0.2) is 0 Å². The van der Waals surface area contributed by atoms with Crippen molar-refractivity contribution in [3.63, 3.8) is 0 Å². The summed E-state index contributed by atoms with van der Waals surface area (Å²) in [6.45, 7) is 4.99. The minimum absolute atomic E-state index is 0.723. The van der Waals surface area contributed by atoms with Gasteiger partial charge in [0.05, 0.1) is 0 Å². The van der Waals surface area contributed by atoms with Crippen LogP contribution in [-0.2, 0) is 14.8 Å². The topological polar surface area (TPSA) is 83.5 Å². The summed E-state index contributed by atoms with van der Waals surface area (Å²) in [7, 11) is -3.82. The first-order valence-electron chi connectivity index (χ1n) is 6.10. The molecule has 1 aromatic carbocycles. The molecule has 110 valence electrons. The Hall–Kier alpha value is -1.66. The van der Waals surface area contributed by atoms with Crippen LogP contribution in [0.3, 0.4) is 0 Å². The zero-order chi connectivity index (χ0) is 15.4. The lowest BCUT2D eigenvalue weighted by Gasteiger charge is -2.26. The predicted molar refractivity (Wildman–Crippen MR) is 78.4 cm³/mol. The molecule has 1 aromatic rings. The lowest BCUT2D eigenvalue weighted by molar-refractivity contribution is -0.141. The van der Waals surface area contributed by atoms with Crippen LogP contribution in [0.5, 0.6) is 0 Å². The van der Waals surface area contributed by atoms with Gasteiger partial charge in [-0.25, -0.2) is 8.42 Å². The zero-order valence-corrected chi connectivity index (χ0v) is 12.5. The van der Waals surface area contributed by atoms with Gasteiger partial charge < -0.3 is 5.11 Å². The van der Waals surface area contributed by atoms with E-state index in [2.05, 4.69) is 4.72 Å². The summed E-state index contributed by atoms with van der Waals surface area (Å²) < 4.78 is 26.0. The van der Waals surface area contributed by atoms with Gasteiger partial charge in [-0.05, 0) is 17.1 Å². The number of benzene rings is 1. The van der Waals surface area contributed by atoms with Crippen molar-refractivity contribution in [2.24, 2.45) is 5.41 Å². The van der Waals surface area contributed by atoms with Crippen LogP contribution in [0.1, 0.15) is 26.3 Å². The normalized spacial score (nSPS) is 14.3. The SMILES string of the molecule is CC(C)(C)C(NS(=O)(=O)/C=C/c1ccccc1)C(=O)O. The maximum atomic E-state index is 11.9. The Kier molecular flexibility index (Phi) is 5.08. The third-order valence-electron chi connectivity index (χ3n) is 2.63. The molecular weight excluding hydrogens is 278 g/mol. The van der Waals surface area contributed by atoms with E-state index < -0.39 is 27.4 Å². The summed E-state index contributed by atoms with van der Waals surface area (Å²) in [5, 5.41) is 10.1. The number of nitrogens with one attached hydrogen (secondary N) is 1. The van der Waals surface area contributed by atoms with Gasteiger partial charge in [-0.1, -0.05) is 51.1 Å². The van der Waals surface area contributed by atoms with Crippen LogP contribution in [0.4, 0.5) is 0 Å². The fourth-order valence-corrected chi connectivity index (χ4v) is 2.73. The molecule has 0 radical (unpaired) electrons. The van der Waals surface area contributed by atoms with Crippen molar-refractivity contribution in [1.82, 2.24) is 4.72 Å². The molecule has 0 bridgehead atoms. The molecule has 0 amide bonds. The van der Waals surface area contributed by atoms with Gasteiger partial charge in [-0.15, -0.1) is 0 Å². The fourth-order valence-electron chi connectivity index (χ4n) is 1.53. The van der Waals surface area contributed by atoms with Gasteiger partial charge in [-0.2, -0.15) is 4.72 Å². The second kappa shape index (κ2) is 6.19. The number of carbonyl (C=O) groups is 1. The number of hydrogen-bond acceptors (Lipinski definition) is 3. The molecule has 0 aliphatic carbocycles. The van der Waals surface area contributed by atoms with E-state index in [9.17, 15) is 13.2 Å². The molecule has 2 N–H and O–H groups in total. The molecule has 0 heterocycles. The molecule has 1 atom stereocenters. The number of rotatable bonds is 5. The number of aliphatic carboxylic acids is 1. The standard InChI is InChI=1S/C14H19NO4S/c1-14(2,3)12(13(16)17)15-20(18,19)10-9-11-7-5-4-6-8-11/h4-10,12,15H,1-3H3,(H,16,17)/b10-9+. The Balaban J connectivity index is 2.89. The maximum absolute atomic E-state index is 11.9. The van der Waals surface area contributed by atoms with Crippen LogP contribution in [0.2, 0.25) is 0 Å². The van der Waals surface area contributed by atoms with Gasteiger partial charge in [0.25, 0.3) is 0 Å². The van der Waals surface area contributed by atoms with E-state index in [1.807, 2.05) is 6.07 Å². The van der Waals surface area contributed by atoms with Crippen molar-refractivity contribution in [2.75, 3.05) is 0 Å². The van der Waals surface area contributed by atoms with E-state index in [1.165, 1.54) is 6.08 Å². The van der Waals surface area contributed by atoms with Crippen molar-refractivity contribution in [1.29, 1.82) is 0 Å². The van der Waals surface area contributed by atoms with Gasteiger partial charge in [0.1, 0.15) is 6.04 Å². The smallest absolute Gasteiger partial charge is 0.322 e. The van der Waals surface area contributed by atoms with Crippen LogP contribution < -0.4 is 4.72 Å². The molecule has 0 saturated heterocycles. The number of hydrogen-bond donors (Lipinski definition) is 2. The minimum Gasteiger partial charge on any atom is -0.480 e. The van der Waals surface area contributed by atoms with E-state index >= 15 is 0 Å². The van der Waals surface area contributed by atoms with E-state index in [0.29, 0.717) is 0 Å². The van der Waals surface area contributed by atoms with Crippen LogP contribution in [0.15, 0.2) is 35.7 Å². The van der Waals surface area contributed by atoms with Crippen LogP contribution in [-0.4, -0.2) is 25.5 Å². The zero-order valence-electron chi connectivity index (χ0n) is 11.7. The van der Waals surface area contributed by atoms with Crippen molar-refractivity contribution in [2.45, 2.75) is 26.8 Å². The second-order valence-corrected chi connectivity index (χ2v) is 7.11. The average molecular weight is 297 g/mol. The lowest BCUT2D eigenvalue weighted by Crippen LogP contribution is -2.48. The molecule has 20 heavy (non-hydrogen) atoms. The molecule has 1 unspecified atom stereocenters. The van der Waals surface area contributed by atoms with Gasteiger partial charge in [-0.3, -0.25) is 4.79 Å². The molecule has 5 nitrogen and oxygen atoms in total. The Bertz CT molecular complexity index is 585. The summed E-state index contributed by atoms with van der Waals surface area (Å²) in [6, 6.07) is 7.72. The molecule has 0 saturated carbocycles. The first-order valence-corrected chi connectivity index (χ1v) is 7.65. The predicted octanol–water partition coefficient (Wildman–Crippen LogP) is 2.08. The Morgan fingerprint density at radius 3 is 2.25 bits per heavy atom. The monoisotopic (exact) mass is 297 g/mol. The summed E-state index contributed by atoms with van der Waals surface area (Å²) in [5.74, 6) is -1.20. The van der Waals surface area contributed by atoms with E-state index in [0.717, 1.165) is 11.0 Å². The van der Waals surface area contributed by atoms with Crippen molar-refractivity contribution in [3.8, 4) is 0 Å². The van der Waals surface area contributed by atoms with Crippen LogP contribution in [0, 0.1) is 5.41 Å². The molecule has 0 aromatic heterocycles. The average Bonchev–Trinajstić information content (AvgIpc) is 2.33. The molecule has 0 aliphatic heterocycles. The Morgan fingerprint density at radius 1 is 1.25 bits per heavy atom. The molecular formula is C14H19NO4S. The number of carboxylic acid groups (broad SMARTS) is 1. The van der Waals surface area contributed by atoms with Crippen molar-refractivity contribution < 1.29 is 18.3 Å². The summed E-state index contributed by atoms with van der Waals surface area (Å²) in [4.78, 5) is 11.1. The van der Waals surface area contributed by atoms with Gasteiger partial charge >= 0.3 is 5.97 Å². The first-order chi connectivity index (χ1) is 9.12. The lowest BCUT2D eigenvalue weighted by atomic mass is 9.88. The summed E-state index contributed by atoms with van der Waals surface area (Å²) >= 11 is 0. The fraction of sp³-hybridized carbons (Fsp3) is 0.357. The third kappa shape index (κ3) is 5.14. The number of sulfonamides is 1. The largest absolute Gasteiger partial charge is 0.480 e.